The van der Waals surface area contributed by atoms with Gasteiger partial charge in [-0.3, -0.25) is 9.67 Å². The van der Waals surface area contributed by atoms with Crippen LogP contribution in [0.3, 0.4) is 0 Å². The van der Waals surface area contributed by atoms with Gasteiger partial charge in [-0.15, -0.1) is 0 Å². The van der Waals surface area contributed by atoms with Crippen molar-refractivity contribution in [3.05, 3.63) is 53.9 Å². The third-order valence-corrected chi connectivity index (χ3v) is 4.22. The summed E-state index contributed by atoms with van der Waals surface area (Å²) in [5.74, 6) is 1.47. The van der Waals surface area contributed by atoms with Gasteiger partial charge in [-0.25, -0.2) is 0 Å². The normalized spacial score (nSPS) is 11.8. The van der Waals surface area contributed by atoms with Gasteiger partial charge < -0.3 is 10.6 Å². The second-order valence-corrected chi connectivity index (χ2v) is 6.55. The Balaban J connectivity index is 1.59. The quantitative estimate of drug-likeness (QED) is 0.418. The molecule has 0 aliphatic carbocycles. The SMILES string of the molecule is CN=C(NCCCc1ccc(C(C)C)cc1)NCCCn1cccn1. The molecular weight excluding hydrogens is 310 g/mol. The minimum absolute atomic E-state index is 0.596. The summed E-state index contributed by atoms with van der Waals surface area (Å²) in [5.41, 5.74) is 2.80. The molecule has 0 aliphatic rings. The summed E-state index contributed by atoms with van der Waals surface area (Å²) in [4.78, 5) is 4.27. The summed E-state index contributed by atoms with van der Waals surface area (Å²) in [5, 5.41) is 10.9. The minimum Gasteiger partial charge on any atom is -0.356 e. The van der Waals surface area contributed by atoms with Gasteiger partial charge in [-0.05, 0) is 42.4 Å². The number of nitrogens with zero attached hydrogens (tertiary/aromatic N) is 3. The van der Waals surface area contributed by atoms with Crippen molar-refractivity contribution >= 4 is 5.96 Å². The van der Waals surface area contributed by atoms with Gasteiger partial charge in [0, 0.05) is 39.1 Å². The lowest BCUT2D eigenvalue weighted by atomic mass is 10.0. The molecule has 1 aromatic heterocycles. The van der Waals surface area contributed by atoms with E-state index in [-0.39, 0.29) is 0 Å². The highest BCUT2D eigenvalue weighted by atomic mass is 15.3. The van der Waals surface area contributed by atoms with Crippen LogP contribution < -0.4 is 10.6 Å². The summed E-state index contributed by atoms with van der Waals surface area (Å²) in [6, 6.07) is 10.9. The second kappa shape index (κ2) is 10.5. The molecule has 0 atom stereocenters. The fraction of sp³-hybridized carbons (Fsp3) is 0.500. The average Bonchev–Trinajstić information content (AvgIpc) is 3.14. The maximum atomic E-state index is 4.27. The highest BCUT2D eigenvalue weighted by Crippen LogP contribution is 2.15. The first-order valence-corrected chi connectivity index (χ1v) is 9.20. The Morgan fingerprint density at radius 2 is 1.84 bits per heavy atom. The summed E-state index contributed by atoms with van der Waals surface area (Å²) >= 11 is 0. The van der Waals surface area contributed by atoms with E-state index >= 15 is 0 Å². The van der Waals surface area contributed by atoms with Crippen LogP contribution >= 0.6 is 0 Å². The first-order valence-electron chi connectivity index (χ1n) is 9.20. The van der Waals surface area contributed by atoms with Crippen LogP contribution in [-0.2, 0) is 13.0 Å². The molecule has 0 unspecified atom stereocenters. The van der Waals surface area contributed by atoms with Gasteiger partial charge in [-0.1, -0.05) is 38.1 Å². The maximum absolute atomic E-state index is 4.27. The molecule has 0 saturated carbocycles. The van der Waals surface area contributed by atoms with Crippen molar-refractivity contribution in [1.82, 2.24) is 20.4 Å². The van der Waals surface area contributed by atoms with Crippen molar-refractivity contribution in [3.63, 3.8) is 0 Å². The van der Waals surface area contributed by atoms with Crippen LogP contribution in [0.2, 0.25) is 0 Å². The Labute approximate surface area is 151 Å². The van der Waals surface area contributed by atoms with Crippen molar-refractivity contribution in [3.8, 4) is 0 Å². The van der Waals surface area contributed by atoms with Crippen LogP contribution in [0.25, 0.3) is 0 Å². The smallest absolute Gasteiger partial charge is 0.190 e. The van der Waals surface area contributed by atoms with Crippen molar-refractivity contribution in [2.45, 2.75) is 45.6 Å². The molecule has 0 radical (unpaired) electrons. The first-order chi connectivity index (χ1) is 12.2. The van der Waals surface area contributed by atoms with Crippen LogP contribution in [0.4, 0.5) is 0 Å². The molecule has 2 rings (SSSR count). The number of rotatable bonds is 9. The zero-order valence-electron chi connectivity index (χ0n) is 15.7. The summed E-state index contributed by atoms with van der Waals surface area (Å²) < 4.78 is 1.95. The van der Waals surface area contributed by atoms with Crippen molar-refractivity contribution < 1.29 is 0 Å². The number of benzene rings is 1. The summed E-state index contributed by atoms with van der Waals surface area (Å²) in [7, 11) is 1.81. The van der Waals surface area contributed by atoms with E-state index in [1.165, 1.54) is 11.1 Å². The minimum atomic E-state index is 0.596. The van der Waals surface area contributed by atoms with Crippen molar-refractivity contribution in [1.29, 1.82) is 0 Å². The lowest BCUT2D eigenvalue weighted by Gasteiger charge is -2.12. The van der Waals surface area contributed by atoms with E-state index < -0.39 is 0 Å². The molecule has 0 bridgehead atoms. The molecule has 2 aromatic rings. The number of aromatic nitrogens is 2. The molecule has 0 spiro atoms. The van der Waals surface area contributed by atoms with Crippen LogP contribution in [0, 0.1) is 0 Å². The zero-order chi connectivity index (χ0) is 17.9. The monoisotopic (exact) mass is 341 g/mol. The molecule has 1 heterocycles. The molecule has 0 fully saturated rings. The van der Waals surface area contributed by atoms with Gasteiger partial charge in [0.15, 0.2) is 5.96 Å². The number of hydrogen-bond acceptors (Lipinski definition) is 2. The molecule has 136 valence electrons. The molecule has 0 amide bonds. The fourth-order valence-corrected chi connectivity index (χ4v) is 2.67. The molecule has 5 nitrogen and oxygen atoms in total. The lowest BCUT2D eigenvalue weighted by Crippen LogP contribution is -2.38. The van der Waals surface area contributed by atoms with Gasteiger partial charge in [0.1, 0.15) is 0 Å². The number of guanidine groups is 1. The Hall–Kier alpha value is -2.30. The van der Waals surface area contributed by atoms with Gasteiger partial charge in [0.05, 0.1) is 0 Å². The number of hydrogen-bond donors (Lipinski definition) is 2. The van der Waals surface area contributed by atoms with Gasteiger partial charge in [0.25, 0.3) is 0 Å². The predicted molar refractivity (Wildman–Crippen MR) is 105 cm³/mol. The van der Waals surface area contributed by atoms with Gasteiger partial charge in [0.2, 0.25) is 0 Å². The number of aryl methyl sites for hydroxylation is 2. The summed E-state index contributed by atoms with van der Waals surface area (Å²) in [6.07, 6.45) is 6.99. The van der Waals surface area contributed by atoms with E-state index in [0.29, 0.717) is 5.92 Å². The van der Waals surface area contributed by atoms with E-state index in [9.17, 15) is 0 Å². The van der Waals surface area contributed by atoms with Crippen LogP contribution in [0.1, 0.15) is 43.7 Å². The van der Waals surface area contributed by atoms with Crippen LogP contribution in [0.15, 0.2) is 47.7 Å². The Morgan fingerprint density at radius 3 is 2.44 bits per heavy atom. The maximum Gasteiger partial charge on any atom is 0.190 e. The van der Waals surface area contributed by atoms with Crippen LogP contribution in [-0.4, -0.2) is 35.9 Å². The van der Waals surface area contributed by atoms with Crippen molar-refractivity contribution in [2.75, 3.05) is 20.1 Å². The molecule has 25 heavy (non-hydrogen) atoms. The third kappa shape index (κ3) is 6.99. The zero-order valence-corrected chi connectivity index (χ0v) is 15.7. The van der Waals surface area contributed by atoms with Crippen molar-refractivity contribution in [2.24, 2.45) is 4.99 Å². The Bertz CT molecular complexity index is 614. The lowest BCUT2D eigenvalue weighted by molar-refractivity contribution is 0.570. The molecular formula is C20H31N5. The highest BCUT2D eigenvalue weighted by Gasteiger charge is 2.00. The standard InChI is InChI=1S/C20H31N5/c1-17(2)19-10-8-18(9-11-19)7-4-12-22-20(21-3)23-13-5-15-25-16-6-14-24-25/h6,8-11,14,16-17H,4-5,7,12-13,15H2,1-3H3,(H2,21,22,23). The van der Waals surface area contributed by atoms with Gasteiger partial charge in [-0.2, -0.15) is 5.10 Å². The van der Waals surface area contributed by atoms with E-state index in [2.05, 4.69) is 58.8 Å². The Kier molecular flexibility index (Phi) is 8.02. The topological polar surface area (TPSA) is 54.2 Å². The van der Waals surface area contributed by atoms with E-state index in [0.717, 1.165) is 44.9 Å². The molecule has 2 N–H and O–H groups in total. The molecule has 0 aliphatic heterocycles. The van der Waals surface area contributed by atoms with E-state index in [1.54, 1.807) is 0 Å². The molecule has 0 saturated heterocycles. The third-order valence-electron chi connectivity index (χ3n) is 4.22. The predicted octanol–water partition coefficient (Wildman–Crippen LogP) is 3.19. The average molecular weight is 342 g/mol. The number of aliphatic imine (C=N–C) groups is 1. The molecule has 5 heteroatoms. The first kappa shape index (κ1) is 19.0. The number of nitrogens with one attached hydrogen (secondary N) is 2. The highest BCUT2D eigenvalue weighted by molar-refractivity contribution is 5.79. The second-order valence-electron chi connectivity index (χ2n) is 6.55. The molecule has 1 aromatic carbocycles. The largest absolute Gasteiger partial charge is 0.356 e. The fourth-order valence-electron chi connectivity index (χ4n) is 2.67. The van der Waals surface area contributed by atoms with E-state index in [4.69, 9.17) is 0 Å². The van der Waals surface area contributed by atoms with Gasteiger partial charge >= 0.3 is 0 Å². The van der Waals surface area contributed by atoms with Crippen LogP contribution in [0.5, 0.6) is 0 Å². The van der Waals surface area contributed by atoms with E-state index in [1.807, 2.05) is 30.2 Å². The Morgan fingerprint density at radius 1 is 1.12 bits per heavy atom. The summed E-state index contributed by atoms with van der Waals surface area (Å²) in [6.45, 7) is 7.18.